The Bertz CT molecular complexity index is 385. The smallest absolute Gasteiger partial charge is 0.122 e. The molecule has 1 heterocycles. The summed E-state index contributed by atoms with van der Waals surface area (Å²) >= 11 is 0. The van der Waals surface area contributed by atoms with Gasteiger partial charge in [-0.15, -0.1) is 0 Å². The normalized spacial score (nSPS) is 27.3. The second-order valence-electron chi connectivity index (χ2n) is 4.56. The Morgan fingerprint density at radius 3 is 3.12 bits per heavy atom. The molecule has 1 aliphatic carbocycles. The lowest BCUT2D eigenvalue weighted by Crippen LogP contribution is -2.19. The van der Waals surface area contributed by atoms with Gasteiger partial charge in [-0.25, -0.2) is 0 Å². The third-order valence-corrected chi connectivity index (χ3v) is 3.24. The zero-order chi connectivity index (χ0) is 11.0. The van der Waals surface area contributed by atoms with Gasteiger partial charge in [-0.1, -0.05) is 12.1 Å². The highest BCUT2D eigenvalue weighted by molar-refractivity contribution is 5.42. The fourth-order valence-electron chi connectivity index (χ4n) is 2.24. The monoisotopic (exact) mass is 220 g/mol. The molecule has 3 nitrogen and oxygen atoms in total. The van der Waals surface area contributed by atoms with Gasteiger partial charge in [0.2, 0.25) is 0 Å². The molecule has 0 bridgehead atoms. The Morgan fingerprint density at radius 1 is 1.44 bits per heavy atom. The van der Waals surface area contributed by atoms with Gasteiger partial charge in [0, 0.05) is 0 Å². The van der Waals surface area contributed by atoms with Crippen molar-refractivity contribution in [3.63, 3.8) is 0 Å². The molecule has 0 aromatic heterocycles. The van der Waals surface area contributed by atoms with Crippen LogP contribution in [-0.4, -0.2) is 30.5 Å². The van der Waals surface area contributed by atoms with Crippen LogP contribution in [0, 0.1) is 0 Å². The maximum Gasteiger partial charge on any atom is 0.122 e. The molecule has 1 N–H and O–H groups in total. The summed E-state index contributed by atoms with van der Waals surface area (Å²) in [6, 6.07) is 6.09. The van der Waals surface area contributed by atoms with Crippen molar-refractivity contribution < 1.29 is 14.6 Å². The largest absolute Gasteiger partial charge is 0.490 e. The molecule has 1 aromatic carbocycles. The van der Waals surface area contributed by atoms with Gasteiger partial charge in [0.15, 0.2) is 0 Å². The number of hydrogen-bond donors (Lipinski definition) is 1. The van der Waals surface area contributed by atoms with E-state index in [2.05, 4.69) is 6.07 Å². The molecule has 0 radical (unpaired) electrons. The van der Waals surface area contributed by atoms with Crippen LogP contribution >= 0.6 is 0 Å². The Labute approximate surface area is 95.0 Å². The van der Waals surface area contributed by atoms with Crippen molar-refractivity contribution in [1.29, 1.82) is 0 Å². The van der Waals surface area contributed by atoms with Gasteiger partial charge in [0.25, 0.3) is 0 Å². The second kappa shape index (κ2) is 4.07. The fourth-order valence-corrected chi connectivity index (χ4v) is 2.24. The Balaban J connectivity index is 1.78. The molecular formula is C13H16O3. The first-order valence-corrected chi connectivity index (χ1v) is 5.86. The zero-order valence-electron chi connectivity index (χ0n) is 9.19. The Kier molecular flexibility index (Phi) is 2.58. The van der Waals surface area contributed by atoms with Gasteiger partial charge >= 0.3 is 0 Å². The summed E-state index contributed by atoms with van der Waals surface area (Å²) in [4.78, 5) is 0. The van der Waals surface area contributed by atoms with Crippen molar-refractivity contribution in [3.05, 3.63) is 29.3 Å². The van der Waals surface area contributed by atoms with Crippen molar-refractivity contribution in [3.8, 4) is 5.75 Å². The number of aliphatic hydroxyl groups is 1. The van der Waals surface area contributed by atoms with Gasteiger partial charge in [-0.2, -0.15) is 0 Å². The third-order valence-electron chi connectivity index (χ3n) is 3.24. The summed E-state index contributed by atoms with van der Waals surface area (Å²) in [5.74, 6) is 0.972. The van der Waals surface area contributed by atoms with Crippen LogP contribution in [0.2, 0.25) is 0 Å². The number of epoxide rings is 1. The van der Waals surface area contributed by atoms with E-state index in [1.54, 1.807) is 0 Å². The maximum absolute atomic E-state index is 9.61. The first-order valence-electron chi connectivity index (χ1n) is 5.86. The summed E-state index contributed by atoms with van der Waals surface area (Å²) in [6.07, 6.45) is 2.62. The molecule has 3 heteroatoms. The second-order valence-corrected chi connectivity index (χ2v) is 4.56. The molecule has 2 atom stereocenters. The SMILES string of the molecule is OC1CCc2c(cccc2OCC2CO2)C1. The average molecular weight is 220 g/mol. The third kappa shape index (κ3) is 2.06. The maximum atomic E-state index is 9.61. The van der Waals surface area contributed by atoms with Crippen LogP contribution in [0.1, 0.15) is 17.5 Å². The number of ether oxygens (including phenoxy) is 2. The Hall–Kier alpha value is -1.06. The topological polar surface area (TPSA) is 42.0 Å². The predicted octanol–water partition coefficient (Wildman–Crippen LogP) is 1.31. The molecule has 86 valence electrons. The molecule has 16 heavy (non-hydrogen) atoms. The summed E-state index contributed by atoms with van der Waals surface area (Å²) in [5, 5.41) is 9.61. The lowest BCUT2D eigenvalue weighted by atomic mass is 9.89. The first-order chi connectivity index (χ1) is 7.83. The fraction of sp³-hybridized carbons (Fsp3) is 0.538. The molecule has 0 amide bonds. The van der Waals surface area contributed by atoms with Crippen molar-refractivity contribution in [2.45, 2.75) is 31.5 Å². The van der Waals surface area contributed by atoms with E-state index < -0.39 is 0 Å². The molecule has 1 fully saturated rings. The molecule has 2 aliphatic rings. The van der Waals surface area contributed by atoms with Gasteiger partial charge in [0.05, 0.1) is 12.7 Å². The van der Waals surface area contributed by atoms with Gasteiger partial charge in [-0.05, 0) is 36.5 Å². The quantitative estimate of drug-likeness (QED) is 0.781. The Morgan fingerprint density at radius 2 is 2.31 bits per heavy atom. The van der Waals surface area contributed by atoms with Gasteiger partial charge in [0.1, 0.15) is 18.5 Å². The van der Waals surface area contributed by atoms with Crippen LogP contribution in [0.4, 0.5) is 0 Å². The van der Waals surface area contributed by atoms with E-state index in [9.17, 15) is 5.11 Å². The summed E-state index contributed by atoms with van der Waals surface area (Å²) < 4.78 is 10.9. The number of aliphatic hydroxyl groups excluding tert-OH is 1. The predicted molar refractivity (Wildman–Crippen MR) is 59.7 cm³/mol. The minimum atomic E-state index is -0.186. The van der Waals surface area contributed by atoms with Crippen molar-refractivity contribution >= 4 is 0 Å². The van der Waals surface area contributed by atoms with E-state index in [-0.39, 0.29) is 6.10 Å². The zero-order valence-corrected chi connectivity index (χ0v) is 9.19. The average Bonchev–Trinajstić information content (AvgIpc) is 3.09. The molecule has 3 rings (SSSR count). The summed E-state index contributed by atoms with van der Waals surface area (Å²) in [5.41, 5.74) is 2.50. The van der Waals surface area contributed by atoms with Crippen LogP contribution < -0.4 is 4.74 Å². The molecular weight excluding hydrogens is 204 g/mol. The van der Waals surface area contributed by atoms with Crippen molar-refractivity contribution in [2.24, 2.45) is 0 Å². The highest BCUT2D eigenvalue weighted by Crippen LogP contribution is 2.30. The van der Waals surface area contributed by atoms with E-state index in [0.717, 1.165) is 31.6 Å². The molecule has 0 spiro atoms. The van der Waals surface area contributed by atoms with Crippen molar-refractivity contribution in [2.75, 3.05) is 13.2 Å². The number of hydrogen-bond acceptors (Lipinski definition) is 3. The summed E-state index contributed by atoms with van der Waals surface area (Å²) in [6.45, 7) is 1.48. The lowest BCUT2D eigenvalue weighted by Gasteiger charge is -2.22. The van der Waals surface area contributed by atoms with Crippen LogP contribution in [0.5, 0.6) is 5.75 Å². The van der Waals surface area contributed by atoms with Crippen LogP contribution in [-0.2, 0) is 17.6 Å². The molecule has 0 saturated carbocycles. The van der Waals surface area contributed by atoms with Crippen LogP contribution in [0.3, 0.4) is 0 Å². The van der Waals surface area contributed by atoms with E-state index in [0.29, 0.717) is 12.7 Å². The van der Waals surface area contributed by atoms with E-state index in [1.807, 2.05) is 12.1 Å². The molecule has 1 aromatic rings. The number of benzene rings is 1. The van der Waals surface area contributed by atoms with E-state index in [4.69, 9.17) is 9.47 Å². The summed E-state index contributed by atoms with van der Waals surface area (Å²) in [7, 11) is 0. The minimum Gasteiger partial charge on any atom is -0.490 e. The van der Waals surface area contributed by atoms with Crippen LogP contribution in [0.25, 0.3) is 0 Å². The van der Waals surface area contributed by atoms with E-state index >= 15 is 0 Å². The van der Waals surface area contributed by atoms with Crippen molar-refractivity contribution in [1.82, 2.24) is 0 Å². The first kappa shape index (κ1) is 10.1. The highest BCUT2D eigenvalue weighted by atomic mass is 16.6. The lowest BCUT2D eigenvalue weighted by molar-refractivity contribution is 0.157. The standard InChI is InChI=1S/C13H16O3/c14-10-4-5-12-9(6-10)2-1-3-13(12)16-8-11-7-15-11/h1-3,10-11,14H,4-8H2. The molecule has 1 saturated heterocycles. The van der Waals surface area contributed by atoms with E-state index in [1.165, 1.54) is 11.1 Å². The number of rotatable bonds is 3. The molecule has 2 unspecified atom stereocenters. The number of fused-ring (bicyclic) bond motifs is 1. The minimum absolute atomic E-state index is 0.186. The van der Waals surface area contributed by atoms with Gasteiger partial charge in [-0.3, -0.25) is 0 Å². The molecule has 1 aliphatic heterocycles. The van der Waals surface area contributed by atoms with Crippen LogP contribution in [0.15, 0.2) is 18.2 Å². The highest BCUT2D eigenvalue weighted by Gasteiger charge is 2.25. The van der Waals surface area contributed by atoms with Gasteiger partial charge < -0.3 is 14.6 Å².